The van der Waals surface area contributed by atoms with Gasteiger partial charge < -0.3 is 15.5 Å². The summed E-state index contributed by atoms with van der Waals surface area (Å²) in [7, 11) is 3.38. The third kappa shape index (κ3) is 3.84. The number of carbonyl (C=O) groups is 1. The number of amides is 1. The van der Waals surface area contributed by atoms with Gasteiger partial charge in [-0.05, 0) is 18.6 Å². The zero-order valence-electron chi connectivity index (χ0n) is 12.0. The van der Waals surface area contributed by atoms with Crippen LogP contribution in [0.25, 0.3) is 0 Å². The number of hydrogen-bond donors (Lipinski definition) is 1. The summed E-state index contributed by atoms with van der Waals surface area (Å²) in [5, 5.41) is 10.7. The van der Waals surface area contributed by atoms with Crippen LogP contribution in [0.2, 0.25) is 0 Å². The maximum absolute atomic E-state index is 11.8. The second-order valence-electron chi connectivity index (χ2n) is 4.71. The molecule has 0 bridgehead atoms. The van der Waals surface area contributed by atoms with Crippen LogP contribution >= 0.6 is 0 Å². The van der Waals surface area contributed by atoms with Gasteiger partial charge in [0.1, 0.15) is 5.69 Å². The van der Waals surface area contributed by atoms with Gasteiger partial charge in [-0.15, -0.1) is 0 Å². The lowest BCUT2D eigenvalue weighted by atomic mass is 10.2. The highest BCUT2D eigenvalue weighted by Crippen LogP contribution is 2.27. The van der Waals surface area contributed by atoms with Crippen molar-refractivity contribution >= 4 is 23.0 Å². The molecular formula is C13H20N4O3. The number of nitrogens with two attached hydrogens (primary N) is 1. The maximum Gasteiger partial charge on any atom is 0.292 e. The van der Waals surface area contributed by atoms with Crippen molar-refractivity contribution in [3.63, 3.8) is 0 Å². The fourth-order valence-corrected chi connectivity index (χ4v) is 1.78. The van der Waals surface area contributed by atoms with E-state index in [4.69, 9.17) is 5.73 Å². The molecule has 1 amide bonds. The second-order valence-corrected chi connectivity index (χ2v) is 4.71. The third-order valence-corrected chi connectivity index (χ3v) is 2.89. The molecule has 0 saturated carbocycles. The normalized spacial score (nSPS) is 10.2. The van der Waals surface area contributed by atoms with Gasteiger partial charge in [-0.2, -0.15) is 0 Å². The number of nitrogen functional groups attached to an aromatic ring is 1. The van der Waals surface area contributed by atoms with Crippen LogP contribution in [0.4, 0.5) is 17.1 Å². The van der Waals surface area contributed by atoms with Crippen LogP contribution in [0.1, 0.15) is 13.3 Å². The number of likely N-dealkylation sites (N-methyl/N-ethyl adjacent to an activating group) is 1. The van der Waals surface area contributed by atoms with Crippen LogP contribution in [0.3, 0.4) is 0 Å². The van der Waals surface area contributed by atoms with Gasteiger partial charge in [0.15, 0.2) is 0 Å². The number of hydrogen-bond acceptors (Lipinski definition) is 5. The van der Waals surface area contributed by atoms with Gasteiger partial charge in [0.2, 0.25) is 5.91 Å². The van der Waals surface area contributed by atoms with E-state index >= 15 is 0 Å². The maximum atomic E-state index is 11.8. The highest BCUT2D eigenvalue weighted by atomic mass is 16.6. The first-order chi connectivity index (χ1) is 9.36. The van der Waals surface area contributed by atoms with Crippen LogP contribution in [-0.4, -0.2) is 42.9 Å². The van der Waals surface area contributed by atoms with Crippen LogP contribution in [0.15, 0.2) is 18.2 Å². The van der Waals surface area contributed by atoms with Crippen molar-refractivity contribution in [2.24, 2.45) is 0 Å². The van der Waals surface area contributed by atoms with Crippen molar-refractivity contribution in [3.8, 4) is 0 Å². The van der Waals surface area contributed by atoms with E-state index in [1.165, 1.54) is 17.0 Å². The Morgan fingerprint density at radius 1 is 1.40 bits per heavy atom. The molecule has 1 rings (SSSR count). The number of benzene rings is 1. The monoisotopic (exact) mass is 280 g/mol. The number of rotatable bonds is 6. The van der Waals surface area contributed by atoms with E-state index in [2.05, 4.69) is 0 Å². The minimum absolute atomic E-state index is 0.0321. The molecule has 7 nitrogen and oxygen atoms in total. The Balaban J connectivity index is 3.00. The van der Waals surface area contributed by atoms with Gasteiger partial charge in [-0.25, -0.2) is 0 Å². The number of anilines is 2. The molecule has 1 aromatic rings. The Bertz CT molecular complexity index is 502. The van der Waals surface area contributed by atoms with Crippen LogP contribution < -0.4 is 10.6 Å². The summed E-state index contributed by atoms with van der Waals surface area (Å²) in [6.45, 7) is 2.90. The third-order valence-electron chi connectivity index (χ3n) is 2.89. The van der Waals surface area contributed by atoms with Crippen molar-refractivity contribution in [1.29, 1.82) is 0 Å². The molecule has 2 N–H and O–H groups in total. The van der Waals surface area contributed by atoms with E-state index in [0.29, 0.717) is 12.2 Å². The van der Waals surface area contributed by atoms with Gasteiger partial charge in [0, 0.05) is 32.4 Å². The highest BCUT2D eigenvalue weighted by molar-refractivity contribution is 5.81. The summed E-state index contributed by atoms with van der Waals surface area (Å²) in [6.07, 6.45) is 0.859. The lowest BCUT2D eigenvalue weighted by Crippen LogP contribution is -2.37. The Kier molecular flexibility index (Phi) is 5.31. The SMILES string of the molecule is CCCN(CC(=O)N(C)C)c1ccc([N+](=O)[O-])c(N)c1. The molecule has 0 atom stereocenters. The zero-order chi connectivity index (χ0) is 15.3. The molecular weight excluding hydrogens is 260 g/mol. The van der Waals surface area contributed by atoms with E-state index < -0.39 is 4.92 Å². The van der Waals surface area contributed by atoms with Crippen LogP contribution in [0, 0.1) is 10.1 Å². The molecule has 0 aliphatic carbocycles. The smallest absolute Gasteiger partial charge is 0.292 e. The van der Waals surface area contributed by atoms with E-state index in [1.807, 2.05) is 11.8 Å². The summed E-state index contributed by atoms with van der Waals surface area (Å²) in [5.74, 6) is -0.0321. The van der Waals surface area contributed by atoms with Crippen molar-refractivity contribution in [2.45, 2.75) is 13.3 Å². The van der Waals surface area contributed by atoms with Crippen molar-refractivity contribution in [1.82, 2.24) is 4.90 Å². The Labute approximate surface area is 118 Å². The first kappa shape index (κ1) is 15.7. The van der Waals surface area contributed by atoms with E-state index in [-0.39, 0.29) is 23.8 Å². The molecule has 1 aromatic carbocycles. The van der Waals surface area contributed by atoms with Crippen LogP contribution in [0.5, 0.6) is 0 Å². The molecule has 0 aromatic heterocycles. The zero-order valence-corrected chi connectivity index (χ0v) is 12.0. The predicted molar refractivity (Wildman–Crippen MR) is 78.7 cm³/mol. The number of nitrogens with zero attached hydrogens (tertiary/aromatic N) is 3. The molecule has 0 radical (unpaired) electrons. The fraction of sp³-hybridized carbons (Fsp3) is 0.462. The molecule has 0 aliphatic heterocycles. The van der Waals surface area contributed by atoms with Gasteiger partial charge >= 0.3 is 0 Å². The molecule has 0 saturated heterocycles. The molecule has 0 heterocycles. The lowest BCUT2D eigenvalue weighted by Gasteiger charge is -2.25. The Hall–Kier alpha value is -2.31. The summed E-state index contributed by atoms with van der Waals surface area (Å²) in [5.41, 5.74) is 6.38. The van der Waals surface area contributed by atoms with Gasteiger partial charge in [-0.3, -0.25) is 14.9 Å². The predicted octanol–water partition coefficient (Wildman–Crippen LogP) is 1.48. The van der Waals surface area contributed by atoms with Crippen LogP contribution in [-0.2, 0) is 4.79 Å². The summed E-state index contributed by atoms with van der Waals surface area (Å²) in [6, 6.07) is 4.53. The molecule has 0 spiro atoms. The van der Waals surface area contributed by atoms with Crippen molar-refractivity contribution in [2.75, 3.05) is 37.8 Å². The molecule has 0 fully saturated rings. The standard InChI is InChI=1S/C13H20N4O3/c1-4-7-16(9-13(18)15(2)3)10-5-6-12(17(19)20)11(14)8-10/h5-6,8H,4,7,9,14H2,1-3H3. The van der Waals surface area contributed by atoms with Crippen molar-refractivity contribution < 1.29 is 9.72 Å². The quantitative estimate of drug-likeness (QED) is 0.484. The lowest BCUT2D eigenvalue weighted by molar-refractivity contribution is -0.383. The van der Waals surface area contributed by atoms with E-state index in [1.54, 1.807) is 20.2 Å². The van der Waals surface area contributed by atoms with Crippen molar-refractivity contribution in [3.05, 3.63) is 28.3 Å². The Morgan fingerprint density at radius 3 is 2.50 bits per heavy atom. The van der Waals surface area contributed by atoms with E-state index in [9.17, 15) is 14.9 Å². The first-order valence-corrected chi connectivity index (χ1v) is 6.35. The van der Waals surface area contributed by atoms with Gasteiger partial charge in [0.25, 0.3) is 5.69 Å². The highest BCUT2D eigenvalue weighted by Gasteiger charge is 2.16. The minimum Gasteiger partial charge on any atom is -0.393 e. The summed E-state index contributed by atoms with van der Waals surface area (Å²) >= 11 is 0. The fourth-order valence-electron chi connectivity index (χ4n) is 1.78. The largest absolute Gasteiger partial charge is 0.393 e. The Morgan fingerprint density at radius 2 is 2.05 bits per heavy atom. The first-order valence-electron chi connectivity index (χ1n) is 6.35. The van der Waals surface area contributed by atoms with Gasteiger partial charge in [0.05, 0.1) is 11.5 Å². The molecule has 7 heteroatoms. The van der Waals surface area contributed by atoms with Gasteiger partial charge in [-0.1, -0.05) is 6.92 Å². The second kappa shape index (κ2) is 6.74. The number of carbonyl (C=O) groups excluding carboxylic acids is 1. The molecule has 20 heavy (non-hydrogen) atoms. The average Bonchev–Trinajstić information content (AvgIpc) is 2.37. The number of nitro groups is 1. The average molecular weight is 280 g/mol. The molecule has 0 aliphatic rings. The number of nitro benzene ring substituents is 1. The minimum atomic E-state index is -0.520. The summed E-state index contributed by atoms with van der Waals surface area (Å²) in [4.78, 5) is 25.4. The topological polar surface area (TPSA) is 92.7 Å². The summed E-state index contributed by atoms with van der Waals surface area (Å²) < 4.78 is 0. The molecule has 0 unspecified atom stereocenters. The van der Waals surface area contributed by atoms with E-state index in [0.717, 1.165) is 6.42 Å². The molecule has 110 valence electrons.